The number of rotatable bonds is 11. The van der Waals surface area contributed by atoms with Gasteiger partial charge in [0.05, 0.1) is 17.5 Å². The van der Waals surface area contributed by atoms with Gasteiger partial charge in [-0.2, -0.15) is 0 Å². The van der Waals surface area contributed by atoms with Crippen LogP contribution in [0.5, 0.6) is 5.75 Å². The number of hydroxylamine groups is 1. The highest BCUT2D eigenvalue weighted by Gasteiger charge is 2.51. The zero-order valence-electron chi connectivity index (χ0n) is 22.6. The number of amides is 4. The van der Waals surface area contributed by atoms with Crippen LogP contribution >= 0.6 is 34.5 Å². The summed E-state index contributed by atoms with van der Waals surface area (Å²) in [6.45, 7) is 1.86. The third-order valence-corrected chi connectivity index (χ3v) is 8.12. The van der Waals surface area contributed by atoms with Crippen molar-refractivity contribution >= 4 is 63.3 Å². The minimum atomic E-state index is -1.29. The number of nitrogens with zero attached hydrogens (tertiary/aromatic N) is 3. The molecule has 1 saturated heterocycles. The Morgan fingerprint density at radius 3 is 2.48 bits per heavy atom. The second kappa shape index (κ2) is 13.5. The van der Waals surface area contributed by atoms with Crippen LogP contribution < -0.4 is 20.9 Å². The maximum Gasteiger partial charge on any atom is 0.265 e. The van der Waals surface area contributed by atoms with Crippen molar-refractivity contribution in [2.45, 2.75) is 44.2 Å². The molecule has 2 aromatic heterocycles. The summed E-state index contributed by atoms with van der Waals surface area (Å²) in [5.74, 6) is -1.34. The number of anilines is 1. The summed E-state index contributed by atoms with van der Waals surface area (Å²) in [4.78, 5) is 60.4. The molecule has 0 aliphatic carbocycles. The van der Waals surface area contributed by atoms with Crippen molar-refractivity contribution < 1.29 is 29.1 Å². The van der Waals surface area contributed by atoms with Gasteiger partial charge in [0.15, 0.2) is 5.13 Å². The predicted octanol–water partition coefficient (Wildman–Crippen LogP) is 3.11. The molecule has 15 heteroatoms. The fourth-order valence-electron chi connectivity index (χ4n) is 4.70. The molecule has 1 fully saturated rings. The average molecular weight is 636 g/mol. The van der Waals surface area contributed by atoms with Crippen LogP contribution in [0.25, 0.3) is 0 Å². The van der Waals surface area contributed by atoms with Crippen LogP contribution in [-0.4, -0.2) is 63.3 Å². The molecular weight excluding hydrogens is 607 g/mol. The lowest BCUT2D eigenvalue weighted by atomic mass is 9.76. The van der Waals surface area contributed by atoms with Crippen LogP contribution in [0.3, 0.4) is 0 Å². The number of likely N-dealkylation sites (tertiary alicyclic amines) is 1. The standard InChI is InChI=1S/C27H28Cl2N6O6S/c1-15(24(38)34-40)35-8-7-27(25(35)39,12-23(37)33-26-31-18(14-42-26)11-22(36)30-2)17-3-5-19(6-4-17)41-13-16-9-20(28)32-21(29)10-16/h3-6,9-10,14-15,40H,7-8,11-13H2,1-2H3,(H,30,36)(H,34,38)(H,31,33,37). The van der Waals surface area contributed by atoms with E-state index in [9.17, 15) is 19.2 Å². The third kappa shape index (κ3) is 7.16. The number of likely N-dealkylation sites (N-methyl/N-ethyl adjacent to an activating group) is 1. The lowest BCUT2D eigenvalue weighted by Crippen LogP contribution is -2.48. The number of pyridine rings is 1. The molecule has 4 rings (SSSR count). The lowest BCUT2D eigenvalue weighted by molar-refractivity contribution is -0.144. The molecule has 3 aromatic rings. The number of carbonyl (C=O) groups excluding carboxylic acids is 4. The Morgan fingerprint density at radius 2 is 1.83 bits per heavy atom. The molecule has 222 valence electrons. The Labute approximate surface area is 255 Å². The van der Waals surface area contributed by atoms with Crippen molar-refractivity contribution in [1.29, 1.82) is 0 Å². The van der Waals surface area contributed by atoms with Crippen LogP contribution in [-0.2, 0) is 37.6 Å². The van der Waals surface area contributed by atoms with Crippen molar-refractivity contribution in [2.75, 3.05) is 18.9 Å². The van der Waals surface area contributed by atoms with Gasteiger partial charge in [-0.3, -0.25) is 24.4 Å². The highest BCUT2D eigenvalue weighted by Crippen LogP contribution is 2.41. The Kier molecular flexibility index (Phi) is 9.99. The van der Waals surface area contributed by atoms with Gasteiger partial charge in [0.2, 0.25) is 17.7 Å². The number of hydrogen-bond donors (Lipinski definition) is 4. The van der Waals surface area contributed by atoms with E-state index in [4.69, 9.17) is 33.1 Å². The molecule has 2 unspecified atom stereocenters. The fourth-order valence-corrected chi connectivity index (χ4v) is 5.94. The first kappa shape index (κ1) is 31.2. The first-order valence-corrected chi connectivity index (χ1v) is 14.4. The number of carbonyl (C=O) groups is 4. The summed E-state index contributed by atoms with van der Waals surface area (Å²) in [7, 11) is 1.52. The van der Waals surface area contributed by atoms with Crippen molar-refractivity contribution in [2.24, 2.45) is 0 Å². The van der Waals surface area contributed by atoms with E-state index in [1.807, 2.05) is 0 Å². The molecule has 3 heterocycles. The van der Waals surface area contributed by atoms with Gasteiger partial charge >= 0.3 is 0 Å². The fraction of sp³-hybridized carbons (Fsp3) is 0.333. The van der Waals surface area contributed by atoms with Crippen molar-refractivity contribution in [3.8, 4) is 5.75 Å². The normalized spacial score (nSPS) is 17.1. The maximum absolute atomic E-state index is 13.9. The SMILES string of the molecule is CNC(=O)Cc1csc(NC(=O)CC2(c3ccc(OCc4cc(Cl)nc(Cl)c4)cc3)CCN(C(C)C(=O)NO)C2=O)n1. The molecule has 1 aromatic carbocycles. The third-order valence-electron chi connectivity index (χ3n) is 6.92. The van der Waals surface area contributed by atoms with E-state index < -0.39 is 29.2 Å². The molecule has 0 bridgehead atoms. The van der Waals surface area contributed by atoms with Gasteiger partial charge in [0, 0.05) is 25.4 Å². The molecule has 42 heavy (non-hydrogen) atoms. The number of aromatic nitrogens is 2. The summed E-state index contributed by atoms with van der Waals surface area (Å²) in [5.41, 5.74) is 2.07. The number of hydrogen-bond acceptors (Lipinski definition) is 9. The number of nitrogens with one attached hydrogen (secondary N) is 3. The quantitative estimate of drug-likeness (QED) is 0.142. The zero-order valence-corrected chi connectivity index (χ0v) is 25.0. The van der Waals surface area contributed by atoms with Gasteiger partial charge in [-0.05, 0) is 48.7 Å². The van der Waals surface area contributed by atoms with E-state index in [0.717, 1.165) is 5.56 Å². The van der Waals surface area contributed by atoms with E-state index in [1.165, 1.54) is 30.2 Å². The number of halogens is 2. The monoisotopic (exact) mass is 634 g/mol. The highest BCUT2D eigenvalue weighted by atomic mass is 35.5. The topological polar surface area (TPSA) is 163 Å². The summed E-state index contributed by atoms with van der Waals surface area (Å²) in [5, 5.41) is 16.8. The number of ether oxygens (including phenoxy) is 1. The molecule has 1 aliphatic rings. The van der Waals surface area contributed by atoms with E-state index in [1.54, 1.807) is 47.3 Å². The van der Waals surface area contributed by atoms with Crippen molar-refractivity contribution in [1.82, 2.24) is 25.7 Å². The van der Waals surface area contributed by atoms with E-state index in [2.05, 4.69) is 20.6 Å². The van der Waals surface area contributed by atoms with Gasteiger partial charge in [-0.25, -0.2) is 15.4 Å². The van der Waals surface area contributed by atoms with Crippen LogP contribution in [0.1, 0.15) is 36.6 Å². The summed E-state index contributed by atoms with van der Waals surface area (Å²) >= 11 is 13.1. The predicted molar refractivity (Wildman–Crippen MR) is 156 cm³/mol. The summed E-state index contributed by atoms with van der Waals surface area (Å²) < 4.78 is 5.85. The van der Waals surface area contributed by atoms with Crippen LogP contribution in [0.2, 0.25) is 10.3 Å². The Bertz CT molecular complexity index is 1470. The molecule has 12 nitrogen and oxygen atoms in total. The Hall–Kier alpha value is -3.78. The van der Waals surface area contributed by atoms with Gasteiger partial charge in [0.1, 0.15) is 28.7 Å². The van der Waals surface area contributed by atoms with Crippen LogP contribution in [0.15, 0.2) is 41.8 Å². The molecule has 0 saturated carbocycles. The number of benzene rings is 1. The van der Waals surface area contributed by atoms with E-state index >= 15 is 0 Å². The molecule has 4 amide bonds. The van der Waals surface area contributed by atoms with Gasteiger partial charge in [0.25, 0.3) is 5.91 Å². The second-order valence-electron chi connectivity index (χ2n) is 9.64. The van der Waals surface area contributed by atoms with Gasteiger partial charge < -0.3 is 20.3 Å². The first-order chi connectivity index (χ1) is 20.0. The molecule has 0 radical (unpaired) electrons. The minimum Gasteiger partial charge on any atom is -0.489 e. The zero-order chi connectivity index (χ0) is 30.4. The molecule has 1 aliphatic heterocycles. The van der Waals surface area contributed by atoms with Crippen molar-refractivity contribution in [3.63, 3.8) is 0 Å². The highest BCUT2D eigenvalue weighted by molar-refractivity contribution is 7.13. The maximum atomic E-state index is 13.9. The Morgan fingerprint density at radius 1 is 1.14 bits per heavy atom. The summed E-state index contributed by atoms with van der Waals surface area (Å²) in [6, 6.07) is 9.09. The van der Waals surface area contributed by atoms with Gasteiger partial charge in [-0.15, -0.1) is 11.3 Å². The smallest absolute Gasteiger partial charge is 0.265 e. The molecule has 4 N–H and O–H groups in total. The largest absolute Gasteiger partial charge is 0.489 e. The van der Waals surface area contributed by atoms with E-state index in [-0.39, 0.29) is 48.6 Å². The van der Waals surface area contributed by atoms with Crippen LogP contribution in [0.4, 0.5) is 5.13 Å². The Balaban J connectivity index is 1.55. The van der Waals surface area contributed by atoms with E-state index in [0.29, 0.717) is 22.1 Å². The molecule has 0 spiro atoms. The summed E-state index contributed by atoms with van der Waals surface area (Å²) in [6.07, 6.45) is 0.0887. The van der Waals surface area contributed by atoms with Crippen LogP contribution in [0, 0.1) is 0 Å². The average Bonchev–Trinajstić information content (AvgIpc) is 3.54. The van der Waals surface area contributed by atoms with Crippen molar-refractivity contribution in [3.05, 3.63) is 68.9 Å². The number of thiazole rings is 1. The lowest BCUT2D eigenvalue weighted by Gasteiger charge is -2.30. The first-order valence-electron chi connectivity index (χ1n) is 12.8. The van der Waals surface area contributed by atoms with Gasteiger partial charge in [-0.1, -0.05) is 35.3 Å². The minimum absolute atomic E-state index is 0.0702. The molecular formula is C27H28Cl2N6O6S. The second-order valence-corrected chi connectivity index (χ2v) is 11.3. The molecule has 2 atom stereocenters.